The van der Waals surface area contributed by atoms with Crippen LogP contribution < -0.4 is 16.0 Å². The second kappa shape index (κ2) is 6.69. The molecule has 0 radical (unpaired) electrons. The van der Waals surface area contributed by atoms with E-state index >= 15 is 0 Å². The zero-order valence-corrected chi connectivity index (χ0v) is 12.3. The van der Waals surface area contributed by atoms with Crippen molar-refractivity contribution in [1.82, 2.24) is 20.2 Å². The predicted octanol–water partition coefficient (Wildman–Crippen LogP) is 1.90. The highest BCUT2D eigenvalue weighted by Crippen LogP contribution is 2.31. The topological polar surface area (TPSA) is 78.0 Å². The van der Waals surface area contributed by atoms with Crippen LogP contribution in [0.5, 0.6) is 5.88 Å². The normalized spacial score (nSPS) is 12.4. The van der Waals surface area contributed by atoms with Gasteiger partial charge in [0.25, 0.3) is 0 Å². The Balaban J connectivity index is 2.49. The Morgan fingerprint density at radius 3 is 3.00 bits per heavy atom. The molecule has 0 spiro atoms. The van der Waals surface area contributed by atoms with Gasteiger partial charge in [0, 0.05) is 18.3 Å². The summed E-state index contributed by atoms with van der Waals surface area (Å²) in [6.45, 7) is 2.84. The van der Waals surface area contributed by atoms with E-state index in [1.165, 1.54) is 0 Å². The Morgan fingerprint density at radius 1 is 1.55 bits per heavy atom. The molecular weight excluding hydrogens is 278 g/mol. The monoisotopic (exact) mass is 295 g/mol. The van der Waals surface area contributed by atoms with Gasteiger partial charge < -0.3 is 4.74 Å². The van der Waals surface area contributed by atoms with Gasteiger partial charge in [-0.05, 0) is 12.5 Å². The molecule has 0 aromatic carbocycles. The van der Waals surface area contributed by atoms with Gasteiger partial charge >= 0.3 is 0 Å². The lowest BCUT2D eigenvalue weighted by Gasteiger charge is -2.20. The molecule has 2 rings (SSSR count). The van der Waals surface area contributed by atoms with Crippen molar-refractivity contribution in [3.8, 4) is 5.88 Å². The van der Waals surface area contributed by atoms with Crippen molar-refractivity contribution < 1.29 is 4.74 Å². The van der Waals surface area contributed by atoms with Gasteiger partial charge in [-0.25, -0.2) is 10.4 Å². The number of rotatable bonds is 6. The minimum atomic E-state index is -0.333. The third kappa shape index (κ3) is 2.77. The van der Waals surface area contributed by atoms with E-state index in [9.17, 15) is 0 Å². The number of methoxy groups -OCH3 is 1. The molecular formula is C13H18ClN5O. The second-order valence-corrected chi connectivity index (χ2v) is 4.71. The highest BCUT2D eigenvalue weighted by molar-refractivity contribution is 6.31. The number of pyridine rings is 1. The van der Waals surface area contributed by atoms with Crippen LogP contribution in [0.15, 0.2) is 24.5 Å². The van der Waals surface area contributed by atoms with E-state index in [2.05, 4.69) is 22.4 Å². The maximum absolute atomic E-state index is 6.26. The summed E-state index contributed by atoms with van der Waals surface area (Å²) in [6.07, 6.45) is 4.24. The molecule has 0 aliphatic heterocycles. The first-order valence-corrected chi connectivity index (χ1v) is 6.76. The van der Waals surface area contributed by atoms with Crippen molar-refractivity contribution in [3.05, 3.63) is 40.8 Å². The summed E-state index contributed by atoms with van der Waals surface area (Å²) in [4.78, 5) is 4.19. The number of nitrogens with one attached hydrogen (secondary N) is 1. The largest absolute Gasteiger partial charge is 0.481 e. The number of hydrogen-bond donors (Lipinski definition) is 2. The van der Waals surface area contributed by atoms with Crippen LogP contribution in [0.2, 0.25) is 5.02 Å². The van der Waals surface area contributed by atoms with Crippen molar-refractivity contribution in [1.29, 1.82) is 0 Å². The van der Waals surface area contributed by atoms with E-state index in [4.69, 9.17) is 22.2 Å². The van der Waals surface area contributed by atoms with E-state index in [0.29, 0.717) is 10.9 Å². The van der Waals surface area contributed by atoms with Gasteiger partial charge in [-0.3, -0.25) is 10.5 Å². The van der Waals surface area contributed by atoms with Crippen LogP contribution >= 0.6 is 11.6 Å². The van der Waals surface area contributed by atoms with Gasteiger partial charge in [0.2, 0.25) is 5.88 Å². The Bertz CT molecular complexity index is 572. The minimum Gasteiger partial charge on any atom is -0.481 e. The third-order valence-electron chi connectivity index (χ3n) is 3.01. The fourth-order valence-electron chi connectivity index (χ4n) is 2.16. The Kier molecular flexibility index (Phi) is 4.94. The molecule has 2 heterocycles. The van der Waals surface area contributed by atoms with Gasteiger partial charge in [-0.15, -0.1) is 0 Å². The molecule has 108 valence electrons. The average Bonchev–Trinajstić information content (AvgIpc) is 2.83. The number of hydrogen-bond acceptors (Lipinski definition) is 5. The second-order valence-electron chi connectivity index (χ2n) is 4.30. The van der Waals surface area contributed by atoms with Crippen LogP contribution in [-0.4, -0.2) is 21.9 Å². The van der Waals surface area contributed by atoms with Crippen LogP contribution in [0.1, 0.15) is 30.6 Å². The summed E-state index contributed by atoms with van der Waals surface area (Å²) in [5.41, 5.74) is 4.39. The van der Waals surface area contributed by atoms with Crippen molar-refractivity contribution in [2.75, 3.05) is 7.11 Å². The van der Waals surface area contributed by atoms with Crippen molar-refractivity contribution >= 4 is 11.6 Å². The average molecular weight is 296 g/mol. The maximum atomic E-state index is 6.26. The molecule has 1 unspecified atom stereocenters. The molecule has 0 bridgehead atoms. The van der Waals surface area contributed by atoms with Gasteiger partial charge in [0.05, 0.1) is 30.1 Å². The lowest BCUT2D eigenvalue weighted by molar-refractivity contribution is 0.385. The Morgan fingerprint density at radius 2 is 2.35 bits per heavy atom. The molecule has 2 aromatic rings. The standard InChI is InChI=1S/C13H18ClN5O/c1-3-7-19-12(10(14)8-17-19)11(18-15)9-5-4-6-16-13(9)20-2/h4-6,8,11,18H,3,7,15H2,1-2H3. The smallest absolute Gasteiger partial charge is 0.218 e. The van der Waals surface area contributed by atoms with Gasteiger partial charge in [-0.1, -0.05) is 24.6 Å². The van der Waals surface area contributed by atoms with Crippen LogP contribution in [0.4, 0.5) is 0 Å². The molecule has 0 saturated heterocycles. The number of nitrogens with zero attached hydrogens (tertiary/aromatic N) is 3. The summed E-state index contributed by atoms with van der Waals surface area (Å²) >= 11 is 6.26. The lowest BCUT2D eigenvalue weighted by atomic mass is 10.1. The predicted molar refractivity (Wildman–Crippen MR) is 77.5 cm³/mol. The van der Waals surface area contributed by atoms with Crippen molar-refractivity contribution in [3.63, 3.8) is 0 Å². The maximum Gasteiger partial charge on any atom is 0.218 e. The van der Waals surface area contributed by atoms with Crippen LogP contribution in [0.25, 0.3) is 0 Å². The summed E-state index contributed by atoms with van der Waals surface area (Å²) in [5, 5.41) is 4.85. The van der Waals surface area contributed by atoms with E-state index < -0.39 is 0 Å². The SMILES string of the molecule is CCCn1ncc(Cl)c1C(NN)c1cccnc1OC. The van der Waals surface area contributed by atoms with Crippen LogP contribution in [0, 0.1) is 0 Å². The molecule has 0 fully saturated rings. The Hall–Kier alpha value is -1.63. The third-order valence-corrected chi connectivity index (χ3v) is 3.30. The molecule has 7 heteroatoms. The zero-order chi connectivity index (χ0) is 14.5. The first kappa shape index (κ1) is 14.8. The van der Waals surface area contributed by atoms with E-state index in [1.807, 2.05) is 16.8 Å². The van der Waals surface area contributed by atoms with Gasteiger partial charge in [0.1, 0.15) is 0 Å². The molecule has 1 atom stereocenters. The molecule has 0 amide bonds. The minimum absolute atomic E-state index is 0.333. The molecule has 2 aromatic heterocycles. The number of aromatic nitrogens is 3. The zero-order valence-electron chi connectivity index (χ0n) is 11.5. The quantitative estimate of drug-likeness (QED) is 0.629. The number of hydrazine groups is 1. The van der Waals surface area contributed by atoms with Crippen molar-refractivity contribution in [2.24, 2.45) is 5.84 Å². The summed E-state index contributed by atoms with van der Waals surface area (Å²) in [5.74, 6) is 6.23. The van der Waals surface area contributed by atoms with Crippen LogP contribution in [0.3, 0.4) is 0 Å². The van der Waals surface area contributed by atoms with Crippen molar-refractivity contribution in [2.45, 2.75) is 25.9 Å². The molecule has 0 saturated carbocycles. The fraction of sp³-hybridized carbons (Fsp3) is 0.385. The van der Waals surface area contributed by atoms with Gasteiger partial charge in [-0.2, -0.15) is 5.10 Å². The number of nitrogens with two attached hydrogens (primary N) is 1. The Labute approximate surface area is 122 Å². The van der Waals surface area contributed by atoms with E-state index in [-0.39, 0.29) is 6.04 Å². The van der Waals surface area contributed by atoms with E-state index in [0.717, 1.165) is 24.2 Å². The summed E-state index contributed by atoms with van der Waals surface area (Å²) in [6, 6.07) is 3.40. The van der Waals surface area contributed by atoms with Crippen LogP contribution in [-0.2, 0) is 6.54 Å². The highest BCUT2D eigenvalue weighted by atomic mass is 35.5. The fourth-order valence-corrected chi connectivity index (χ4v) is 2.41. The summed E-state index contributed by atoms with van der Waals surface area (Å²) < 4.78 is 7.13. The molecule has 20 heavy (non-hydrogen) atoms. The molecule has 0 aliphatic rings. The molecule has 3 N–H and O–H groups in total. The first-order chi connectivity index (χ1) is 9.72. The number of halogens is 1. The number of ether oxygens (including phenoxy) is 1. The number of aryl methyl sites for hydroxylation is 1. The van der Waals surface area contributed by atoms with E-state index in [1.54, 1.807) is 19.5 Å². The lowest BCUT2D eigenvalue weighted by Crippen LogP contribution is -2.31. The summed E-state index contributed by atoms with van der Waals surface area (Å²) in [7, 11) is 1.57. The molecule has 6 nitrogen and oxygen atoms in total. The first-order valence-electron chi connectivity index (χ1n) is 6.39. The van der Waals surface area contributed by atoms with Gasteiger partial charge in [0.15, 0.2) is 0 Å². The molecule has 0 aliphatic carbocycles. The highest BCUT2D eigenvalue weighted by Gasteiger charge is 2.24.